The van der Waals surface area contributed by atoms with Crippen LogP contribution in [0.15, 0.2) is 17.6 Å². The van der Waals surface area contributed by atoms with Gasteiger partial charge in [0, 0.05) is 44.5 Å². The minimum atomic E-state index is -0.427. The highest BCUT2D eigenvalue weighted by molar-refractivity contribution is 7.99. The van der Waals surface area contributed by atoms with Gasteiger partial charge in [0.2, 0.25) is 5.91 Å². The van der Waals surface area contributed by atoms with Gasteiger partial charge in [-0.05, 0) is 30.4 Å². The second-order valence-electron chi connectivity index (χ2n) is 6.87. The van der Waals surface area contributed by atoms with Crippen molar-refractivity contribution in [1.29, 1.82) is 0 Å². The van der Waals surface area contributed by atoms with Crippen molar-refractivity contribution in [3.63, 3.8) is 0 Å². The number of hydrogen-bond acceptors (Lipinski definition) is 6. The van der Waals surface area contributed by atoms with Gasteiger partial charge in [0.05, 0.1) is 12.1 Å². The summed E-state index contributed by atoms with van der Waals surface area (Å²) in [5.41, 5.74) is 1.13. The lowest BCUT2D eigenvalue weighted by Gasteiger charge is -2.35. The van der Waals surface area contributed by atoms with E-state index in [9.17, 15) is 9.90 Å². The first-order chi connectivity index (χ1) is 11.5. The Morgan fingerprint density at radius 3 is 2.62 bits per heavy atom. The van der Waals surface area contributed by atoms with E-state index in [-0.39, 0.29) is 11.9 Å². The topological polar surface area (TPSA) is 78.4 Å². The Labute approximate surface area is 147 Å². The molecular formula is C17H26N4O2S. The van der Waals surface area contributed by atoms with Crippen LogP contribution in [-0.4, -0.2) is 56.9 Å². The summed E-state index contributed by atoms with van der Waals surface area (Å²) in [5, 5.41) is 14.0. The molecule has 6 nitrogen and oxygen atoms in total. The van der Waals surface area contributed by atoms with Crippen LogP contribution in [0.2, 0.25) is 0 Å². The summed E-state index contributed by atoms with van der Waals surface area (Å²) >= 11 is 1.65. The van der Waals surface area contributed by atoms with Gasteiger partial charge in [0.25, 0.3) is 0 Å². The van der Waals surface area contributed by atoms with Crippen LogP contribution in [0.25, 0.3) is 0 Å². The average molecular weight is 350 g/mol. The highest BCUT2D eigenvalue weighted by Crippen LogP contribution is 2.37. The number of aliphatic hydroxyl groups is 1. The minimum absolute atomic E-state index is 0.0606. The molecule has 1 aromatic rings. The van der Waals surface area contributed by atoms with Gasteiger partial charge in [0.15, 0.2) is 5.16 Å². The summed E-state index contributed by atoms with van der Waals surface area (Å²) in [4.78, 5) is 22.5. The molecule has 0 radical (unpaired) electrons. The van der Waals surface area contributed by atoms with E-state index in [0.29, 0.717) is 11.8 Å². The molecule has 3 rings (SSSR count). The largest absolute Gasteiger partial charge is 0.391 e. The molecule has 24 heavy (non-hydrogen) atoms. The number of carbonyl (C=O) groups is 1. The quantitative estimate of drug-likeness (QED) is 0.616. The van der Waals surface area contributed by atoms with Crippen molar-refractivity contribution in [2.24, 2.45) is 11.8 Å². The summed E-state index contributed by atoms with van der Waals surface area (Å²) < 4.78 is 0. The molecule has 1 aliphatic heterocycles. The molecule has 2 fully saturated rings. The van der Waals surface area contributed by atoms with E-state index in [1.807, 2.05) is 12.4 Å². The Morgan fingerprint density at radius 1 is 1.33 bits per heavy atom. The molecule has 1 saturated carbocycles. The van der Waals surface area contributed by atoms with E-state index in [1.165, 1.54) is 6.92 Å². The Kier molecular flexibility index (Phi) is 5.73. The van der Waals surface area contributed by atoms with Crippen LogP contribution in [0.1, 0.15) is 32.3 Å². The standard InChI is InChI=1S/C17H26N4O2S/c1-3-24-17-18-6-12(7-19-17)8-21-9-13-4-15(20-11(2)22)16(23)5-14(13)10-21/h6-7,13-16,23H,3-5,8-10H2,1-2H3,(H,20,22)/t13-,14+,15-,16-/m1/s1. The van der Waals surface area contributed by atoms with Gasteiger partial charge in [-0.2, -0.15) is 0 Å². The minimum Gasteiger partial charge on any atom is -0.391 e. The Morgan fingerprint density at radius 2 is 2.00 bits per heavy atom. The predicted molar refractivity (Wildman–Crippen MR) is 93.5 cm³/mol. The maximum absolute atomic E-state index is 11.3. The van der Waals surface area contributed by atoms with Crippen molar-refractivity contribution in [3.8, 4) is 0 Å². The number of amides is 1. The maximum atomic E-state index is 11.3. The van der Waals surface area contributed by atoms with E-state index in [4.69, 9.17) is 0 Å². The molecule has 2 heterocycles. The molecule has 0 spiro atoms. The van der Waals surface area contributed by atoms with E-state index in [0.717, 1.165) is 48.9 Å². The average Bonchev–Trinajstić information content (AvgIpc) is 2.90. The van der Waals surface area contributed by atoms with E-state index in [2.05, 4.69) is 27.1 Å². The van der Waals surface area contributed by atoms with Gasteiger partial charge in [-0.1, -0.05) is 18.7 Å². The number of carbonyl (C=O) groups excluding carboxylic acids is 1. The molecule has 0 bridgehead atoms. The van der Waals surface area contributed by atoms with Crippen molar-refractivity contribution in [1.82, 2.24) is 20.2 Å². The summed E-state index contributed by atoms with van der Waals surface area (Å²) in [7, 11) is 0. The summed E-state index contributed by atoms with van der Waals surface area (Å²) in [6.45, 7) is 6.47. The first kappa shape index (κ1) is 17.6. The van der Waals surface area contributed by atoms with Crippen molar-refractivity contribution < 1.29 is 9.90 Å². The molecule has 2 N–H and O–H groups in total. The fourth-order valence-corrected chi connectivity index (χ4v) is 4.47. The number of nitrogens with one attached hydrogen (secondary N) is 1. The molecule has 1 aliphatic carbocycles. The fraction of sp³-hybridized carbons (Fsp3) is 0.706. The number of fused-ring (bicyclic) bond motifs is 1. The lowest BCUT2D eigenvalue weighted by atomic mass is 9.77. The van der Waals surface area contributed by atoms with Gasteiger partial charge >= 0.3 is 0 Å². The molecule has 4 atom stereocenters. The summed E-state index contributed by atoms with van der Waals surface area (Å²) in [6.07, 6.45) is 5.05. The summed E-state index contributed by atoms with van der Waals surface area (Å²) in [6, 6.07) is -0.0996. The third-order valence-electron chi connectivity index (χ3n) is 4.97. The highest BCUT2D eigenvalue weighted by atomic mass is 32.2. The van der Waals surface area contributed by atoms with Gasteiger partial charge in [-0.3, -0.25) is 9.69 Å². The molecule has 7 heteroatoms. The summed E-state index contributed by atoms with van der Waals surface area (Å²) in [5.74, 6) is 1.98. The number of thioether (sulfide) groups is 1. The second-order valence-corrected chi connectivity index (χ2v) is 8.10. The van der Waals surface area contributed by atoms with E-state index in [1.54, 1.807) is 11.8 Å². The number of nitrogens with zero attached hydrogens (tertiary/aromatic N) is 3. The third kappa shape index (κ3) is 4.26. The second kappa shape index (κ2) is 7.80. The number of hydrogen-bond donors (Lipinski definition) is 2. The first-order valence-electron chi connectivity index (χ1n) is 8.66. The number of rotatable bonds is 5. The van der Waals surface area contributed by atoms with Crippen molar-refractivity contribution in [2.75, 3.05) is 18.8 Å². The normalized spacial score (nSPS) is 30.1. The lowest BCUT2D eigenvalue weighted by Crippen LogP contribution is -2.48. The number of aliphatic hydroxyl groups excluding tert-OH is 1. The van der Waals surface area contributed by atoms with Crippen molar-refractivity contribution in [2.45, 2.75) is 50.5 Å². The zero-order valence-corrected chi connectivity index (χ0v) is 15.1. The zero-order valence-electron chi connectivity index (χ0n) is 14.3. The van der Waals surface area contributed by atoms with Crippen LogP contribution in [0.3, 0.4) is 0 Å². The number of aromatic nitrogens is 2. The lowest BCUT2D eigenvalue weighted by molar-refractivity contribution is -0.121. The van der Waals surface area contributed by atoms with E-state index < -0.39 is 6.10 Å². The van der Waals surface area contributed by atoms with Gasteiger partial charge in [-0.25, -0.2) is 9.97 Å². The number of likely N-dealkylation sites (tertiary alicyclic amines) is 1. The fourth-order valence-electron chi connectivity index (χ4n) is 3.96. The molecule has 0 aromatic carbocycles. The maximum Gasteiger partial charge on any atom is 0.217 e. The van der Waals surface area contributed by atoms with Crippen molar-refractivity contribution >= 4 is 17.7 Å². The molecule has 0 unspecified atom stereocenters. The van der Waals surface area contributed by atoms with Crippen LogP contribution in [0.5, 0.6) is 0 Å². The first-order valence-corrected chi connectivity index (χ1v) is 9.65. The zero-order chi connectivity index (χ0) is 17.1. The Hall–Kier alpha value is -1.18. The van der Waals surface area contributed by atoms with Gasteiger partial charge in [-0.15, -0.1) is 0 Å². The van der Waals surface area contributed by atoms with E-state index >= 15 is 0 Å². The highest BCUT2D eigenvalue weighted by Gasteiger charge is 2.41. The Balaban J connectivity index is 1.56. The third-order valence-corrected chi connectivity index (χ3v) is 5.73. The van der Waals surface area contributed by atoms with Gasteiger partial charge < -0.3 is 10.4 Å². The van der Waals surface area contributed by atoms with Crippen LogP contribution in [0.4, 0.5) is 0 Å². The predicted octanol–water partition coefficient (Wildman–Crippen LogP) is 1.30. The molecule has 2 aliphatic rings. The molecule has 1 saturated heterocycles. The van der Waals surface area contributed by atoms with Crippen LogP contribution >= 0.6 is 11.8 Å². The van der Waals surface area contributed by atoms with Crippen LogP contribution < -0.4 is 5.32 Å². The smallest absolute Gasteiger partial charge is 0.217 e. The SMILES string of the molecule is CCSc1ncc(CN2C[C@H]3C[C@@H](NC(C)=O)[C@H](O)C[C@H]3C2)cn1. The van der Waals surface area contributed by atoms with Crippen LogP contribution in [-0.2, 0) is 11.3 Å². The molecule has 132 valence electrons. The van der Waals surface area contributed by atoms with Gasteiger partial charge in [0.1, 0.15) is 0 Å². The molecule has 1 amide bonds. The monoisotopic (exact) mass is 350 g/mol. The molecule has 1 aromatic heterocycles. The van der Waals surface area contributed by atoms with Crippen molar-refractivity contribution in [3.05, 3.63) is 18.0 Å². The molecular weight excluding hydrogens is 324 g/mol. The Bertz CT molecular complexity index is 568. The van der Waals surface area contributed by atoms with Crippen LogP contribution in [0, 0.1) is 11.8 Å².